The van der Waals surface area contributed by atoms with Crippen molar-refractivity contribution >= 4 is 29.0 Å². The van der Waals surface area contributed by atoms with Gasteiger partial charge in [-0.3, -0.25) is 5.43 Å². The minimum Gasteiger partial charge on any atom is -0.292 e. The number of hydrogen-bond donors (Lipinski definition) is 2. The van der Waals surface area contributed by atoms with Gasteiger partial charge in [-0.2, -0.15) is 0 Å². The molecule has 0 fully saturated rings. The van der Waals surface area contributed by atoms with E-state index >= 15 is 0 Å². The minimum absolute atomic E-state index is 0.425. The predicted octanol–water partition coefficient (Wildman–Crippen LogP) is 1.68. The van der Waals surface area contributed by atoms with Crippen LogP contribution in [0.4, 0.5) is 5.95 Å². The predicted molar refractivity (Wildman–Crippen MR) is 60.8 cm³/mol. The Hall–Kier alpha value is -1.18. The summed E-state index contributed by atoms with van der Waals surface area (Å²) in [4.78, 5) is 12.5. The molecule has 0 spiro atoms. The molecular weight excluding hydrogens is 230 g/mol. The molecule has 0 radical (unpaired) electrons. The van der Waals surface area contributed by atoms with Gasteiger partial charge in [0, 0.05) is 17.3 Å². The van der Waals surface area contributed by atoms with E-state index in [2.05, 4.69) is 20.4 Å². The molecule has 0 unspecified atom stereocenters. The molecule has 0 aromatic carbocycles. The van der Waals surface area contributed by atoms with Crippen LogP contribution in [0.15, 0.2) is 27.0 Å². The molecule has 0 aliphatic carbocycles. The Morgan fingerprint density at radius 2 is 2.33 bits per heavy atom. The third-order valence-electron chi connectivity index (χ3n) is 1.56. The van der Waals surface area contributed by atoms with Crippen molar-refractivity contribution < 1.29 is 0 Å². The Morgan fingerprint density at radius 3 is 3.00 bits per heavy atom. The van der Waals surface area contributed by atoms with Crippen LogP contribution >= 0.6 is 23.1 Å². The van der Waals surface area contributed by atoms with Crippen molar-refractivity contribution in [3.05, 3.63) is 23.3 Å². The summed E-state index contributed by atoms with van der Waals surface area (Å²) in [5.74, 6) is 5.69. The third kappa shape index (κ3) is 2.65. The molecule has 2 rings (SSSR count). The fourth-order valence-electron chi connectivity index (χ4n) is 1.01. The largest absolute Gasteiger partial charge is 0.292 e. The number of rotatable bonds is 3. The van der Waals surface area contributed by atoms with E-state index in [1.54, 1.807) is 17.5 Å². The van der Waals surface area contributed by atoms with Crippen molar-refractivity contribution in [3.63, 3.8) is 0 Å². The Morgan fingerprint density at radius 1 is 1.47 bits per heavy atom. The number of anilines is 1. The first-order valence-corrected chi connectivity index (χ1v) is 5.87. The van der Waals surface area contributed by atoms with Crippen LogP contribution in [0.1, 0.15) is 5.69 Å². The summed E-state index contributed by atoms with van der Waals surface area (Å²) in [6.45, 7) is 1.90. The van der Waals surface area contributed by atoms with Crippen LogP contribution in [0.3, 0.4) is 0 Å². The van der Waals surface area contributed by atoms with E-state index in [9.17, 15) is 0 Å². The van der Waals surface area contributed by atoms with E-state index in [0.29, 0.717) is 5.95 Å². The monoisotopic (exact) mass is 239 g/mol. The van der Waals surface area contributed by atoms with Crippen LogP contribution in [-0.4, -0.2) is 15.0 Å². The molecule has 2 heterocycles. The highest BCUT2D eigenvalue weighted by atomic mass is 32.2. The van der Waals surface area contributed by atoms with Gasteiger partial charge in [-0.1, -0.05) is 0 Å². The number of nitrogen functional groups attached to an aromatic ring is 1. The zero-order chi connectivity index (χ0) is 10.7. The summed E-state index contributed by atoms with van der Waals surface area (Å²) < 4.78 is 0.955. The Balaban J connectivity index is 2.24. The average Bonchev–Trinajstić information content (AvgIpc) is 2.69. The summed E-state index contributed by atoms with van der Waals surface area (Å²) in [6.07, 6.45) is 1.77. The zero-order valence-electron chi connectivity index (χ0n) is 7.97. The lowest BCUT2D eigenvalue weighted by Crippen LogP contribution is -2.11. The lowest BCUT2D eigenvalue weighted by atomic mass is 10.5. The maximum absolute atomic E-state index is 5.26. The van der Waals surface area contributed by atoms with Crippen molar-refractivity contribution in [2.24, 2.45) is 5.84 Å². The van der Waals surface area contributed by atoms with Crippen molar-refractivity contribution in [1.82, 2.24) is 15.0 Å². The molecule has 0 amide bonds. The first kappa shape index (κ1) is 10.3. The average molecular weight is 239 g/mol. The maximum Gasteiger partial charge on any atom is 0.238 e. The van der Waals surface area contributed by atoms with Gasteiger partial charge in [0.05, 0.1) is 0 Å². The molecule has 0 saturated carbocycles. The van der Waals surface area contributed by atoms with Gasteiger partial charge in [-0.05, 0) is 24.8 Å². The summed E-state index contributed by atoms with van der Waals surface area (Å²) in [7, 11) is 0. The number of nitrogens with one attached hydrogen (secondary N) is 1. The second kappa shape index (κ2) is 4.56. The molecule has 2 aromatic heterocycles. The fourth-order valence-corrected chi connectivity index (χ4v) is 2.64. The molecule has 0 aliphatic heterocycles. The number of aromatic nitrogens is 3. The van der Waals surface area contributed by atoms with Gasteiger partial charge in [0.25, 0.3) is 0 Å². The molecule has 0 aliphatic rings. The van der Waals surface area contributed by atoms with Gasteiger partial charge in [-0.25, -0.2) is 20.8 Å². The van der Waals surface area contributed by atoms with E-state index in [-0.39, 0.29) is 0 Å². The summed E-state index contributed by atoms with van der Waals surface area (Å²) in [5.41, 5.74) is 3.31. The number of nitrogens with two attached hydrogens (primary N) is 1. The standard InChI is InChI=1S/C8H9N5S2/c1-5-4-6(12-7(11-5)13-9)15-8-10-2-3-14-8/h2-4H,9H2,1H3,(H,11,12,13). The van der Waals surface area contributed by atoms with E-state index in [4.69, 9.17) is 5.84 Å². The topological polar surface area (TPSA) is 76.7 Å². The second-order valence-electron chi connectivity index (χ2n) is 2.72. The highest BCUT2D eigenvalue weighted by Crippen LogP contribution is 2.28. The smallest absolute Gasteiger partial charge is 0.238 e. The van der Waals surface area contributed by atoms with Gasteiger partial charge in [0.2, 0.25) is 5.95 Å². The lowest BCUT2D eigenvalue weighted by Gasteiger charge is -2.02. The molecule has 2 aromatic rings. The number of nitrogens with zero attached hydrogens (tertiary/aromatic N) is 3. The van der Waals surface area contributed by atoms with Crippen LogP contribution in [0, 0.1) is 6.92 Å². The van der Waals surface area contributed by atoms with Crippen molar-refractivity contribution in [2.45, 2.75) is 16.3 Å². The van der Waals surface area contributed by atoms with E-state index < -0.39 is 0 Å². The van der Waals surface area contributed by atoms with E-state index in [1.165, 1.54) is 11.8 Å². The van der Waals surface area contributed by atoms with Gasteiger partial charge < -0.3 is 0 Å². The van der Waals surface area contributed by atoms with Crippen molar-refractivity contribution in [1.29, 1.82) is 0 Å². The Labute approximate surface area is 95.1 Å². The molecule has 0 saturated heterocycles. The number of hydrazine groups is 1. The fraction of sp³-hybridized carbons (Fsp3) is 0.125. The first-order valence-electron chi connectivity index (χ1n) is 4.17. The van der Waals surface area contributed by atoms with Crippen molar-refractivity contribution in [2.75, 3.05) is 5.43 Å². The Kier molecular flexibility index (Phi) is 3.14. The molecule has 0 bridgehead atoms. The minimum atomic E-state index is 0.425. The van der Waals surface area contributed by atoms with Crippen LogP contribution in [0.25, 0.3) is 0 Å². The quantitative estimate of drug-likeness (QED) is 0.482. The van der Waals surface area contributed by atoms with E-state index in [0.717, 1.165) is 15.1 Å². The molecule has 3 N–H and O–H groups in total. The Bertz CT molecular complexity index is 442. The lowest BCUT2D eigenvalue weighted by molar-refractivity contribution is 0.993. The number of aryl methyl sites for hydroxylation is 1. The van der Waals surface area contributed by atoms with Gasteiger partial charge in [0.1, 0.15) is 5.03 Å². The molecule has 15 heavy (non-hydrogen) atoms. The van der Waals surface area contributed by atoms with Crippen molar-refractivity contribution in [3.8, 4) is 0 Å². The highest BCUT2D eigenvalue weighted by Gasteiger charge is 2.04. The normalized spacial score (nSPS) is 10.3. The molecule has 78 valence electrons. The maximum atomic E-state index is 5.26. The zero-order valence-corrected chi connectivity index (χ0v) is 9.60. The molecule has 0 atom stereocenters. The van der Waals surface area contributed by atoms with Gasteiger partial charge in [0.15, 0.2) is 4.34 Å². The van der Waals surface area contributed by atoms with Crippen LogP contribution in [0.2, 0.25) is 0 Å². The molecule has 5 nitrogen and oxygen atoms in total. The summed E-state index contributed by atoms with van der Waals surface area (Å²) >= 11 is 3.08. The second-order valence-corrected chi connectivity index (χ2v) is 4.88. The van der Waals surface area contributed by atoms with Crippen LogP contribution < -0.4 is 11.3 Å². The van der Waals surface area contributed by atoms with Crippen LogP contribution in [0.5, 0.6) is 0 Å². The number of thiazole rings is 1. The summed E-state index contributed by atoms with van der Waals surface area (Å²) in [5, 5.41) is 2.77. The highest BCUT2D eigenvalue weighted by molar-refractivity contribution is 8.01. The summed E-state index contributed by atoms with van der Waals surface area (Å²) in [6, 6.07) is 1.90. The third-order valence-corrected chi connectivity index (χ3v) is 3.36. The van der Waals surface area contributed by atoms with Gasteiger partial charge >= 0.3 is 0 Å². The van der Waals surface area contributed by atoms with Crippen LogP contribution in [-0.2, 0) is 0 Å². The SMILES string of the molecule is Cc1cc(Sc2nccs2)nc(NN)n1. The number of hydrogen-bond acceptors (Lipinski definition) is 7. The molecule has 7 heteroatoms. The molecular formula is C8H9N5S2. The van der Waals surface area contributed by atoms with Gasteiger partial charge in [-0.15, -0.1) is 11.3 Å². The van der Waals surface area contributed by atoms with E-state index in [1.807, 2.05) is 18.4 Å². The first-order chi connectivity index (χ1) is 7.28.